The van der Waals surface area contributed by atoms with Crippen molar-refractivity contribution < 1.29 is 0 Å². The Morgan fingerprint density at radius 2 is 2.00 bits per heavy atom. The first-order valence-corrected chi connectivity index (χ1v) is 3.91. The molecular formula is C9H7N4+. The van der Waals surface area contributed by atoms with E-state index in [1.54, 1.807) is 0 Å². The van der Waals surface area contributed by atoms with Crippen LogP contribution in [0.25, 0.3) is 16.4 Å². The Kier molecular flexibility index (Phi) is 1.64. The number of benzene rings is 1. The summed E-state index contributed by atoms with van der Waals surface area (Å²) in [5.41, 5.74) is 8.19. The van der Waals surface area contributed by atoms with Crippen molar-refractivity contribution in [1.29, 1.82) is 10.9 Å². The van der Waals surface area contributed by atoms with Gasteiger partial charge in [0.2, 0.25) is 5.39 Å². The standard InChI is InChI=1S/C9H7N4/c10-12-8-5-9(13-11)7-4-2-1-3-6(7)8/h1-4,10H,5H2/q+1. The summed E-state index contributed by atoms with van der Waals surface area (Å²) < 4.78 is 0. The van der Waals surface area contributed by atoms with Crippen LogP contribution in [0.2, 0.25) is 0 Å². The smallest absolute Gasteiger partial charge is 0.205 e. The lowest BCUT2D eigenvalue weighted by molar-refractivity contribution is 1.12. The molecule has 1 aliphatic rings. The minimum atomic E-state index is 0.444. The topological polar surface area (TPSA) is 64.4 Å². The van der Waals surface area contributed by atoms with Gasteiger partial charge < -0.3 is 0 Å². The molecule has 0 atom stereocenters. The van der Waals surface area contributed by atoms with Crippen LogP contribution in [-0.4, -0.2) is 0 Å². The van der Waals surface area contributed by atoms with E-state index in [9.17, 15) is 0 Å². The van der Waals surface area contributed by atoms with Crippen molar-refractivity contribution >= 4 is 11.4 Å². The van der Waals surface area contributed by atoms with Crippen LogP contribution >= 0.6 is 0 Å². The summed E-state index contributed by atoms with van der Waals surface area (Å²) in [5, 5.41) is 13.9. The van der Waals surface area contributed by atoms with Gasteiger partial charge in [-0.3, -0.25) is 0 Å². The van der Waals surface area contributed by atoms with Crippen LogP contribution < -0.4 is 10.4 Å². The molecule has 0 spiro atoms. The molecule has 0 aliphatic heterocycles. The third-order valence-corrected chi connectivity index (χ3v) is 2.14. The third-order valence-electron chi connectivity index (χ3n) is 2.14. The summed E-state index contributed by atoms with van der Waals surface area (Å²) in [7, 11) is 0. The van der Waals surface area contributed by atoms with E-state index in [0.29, 0.717) is 17.8 Å². The fourth-order valence-corrected chi connectivity index (χ4v) is 1.52. The quantitative estimate of drug-likeness (QED) is 0.500. The number of hydrogen-bond acceptors (Lipinski definition) is 3. The Bertz CT molecular complexity index is 521. The van der Waals surface area contributed by atoms with Crippen molar-refractivity contribution in [2.75, 3.05) is 0 Å². The van der Waals surface area contributed by atoms with Crippen LogP contribution in [0.4, 0.5) is 0 Å². The average molecular weight is 171 g/mol. The molecule has 13 heavy (non-hydrogen) atoms. The second-order valence-corrected chi connectivity index (χ2v) is 2.83. The molecule has 4 heteroatoms. The highest BCUT2D eigenvalue weighted by Gasteiger charge is 2.22. The van der Waals surface area contributed by atoms with E-state index < -0.39 is 0 Å². The first-order valence-electron chi connectivity index (χ1n) is 3.91. The van der Waals surface area contributed by atoms with Crippen molar-refractivity contribution in [3.63, 3.8) is 0 Å². The molecule has 1 N–H and O–H groups in total. The second kappa shape index (κ2) is 2.79. The molecule has 0 bridgehead atoms. The zero-order chi connectivity index (χ0) is 9.26. The lowest BCUT2D eigenvalue weighted by Crippen LogP contribution is -2.22. The summed E-state index contributed by atoms with van der Waals surface area (Å²) >= 11 is 0. The maximum Gasteiger partial charge on any atom is 0.375 e. The van der Waals surface area contributed by atoms with Gasteiger partial charge in [-0.25, -0.2) is 5.53 Å². The fraction of sp³-hybridized carbons (Fsp3) is 0.111. The number of hydrogen-bond donors (Lipinski definition) is 1. The molecule has 1 aromatic carbocycles. The Morgan fingerprint density at radius 1 is 1.31 bits per heavy atom. The number of rotatable bonds is 1. The van der Waals surface area contributed by atoms with Gasteiger partial charge in [-0.2, -0.15) is 5.11 Å². The Hall–Kier alpha value is -2.02. The molecule has 4 nitrogen and oxygen atoms in total. The van der Waals surface area contributed by atoms with E-state index in [4.69, 9.17) is 10.9 Å². The Morgan fingerprint density at radius 3 is 2.62 bits per heavy atom. The molecule has 0 fully saturated rings. The molecule has 1 aromatic rings. The lowest BCUT2D eigenvalue weighted by atomic mass is 10.2. The Labute approximate surface area is 74.3 Å². The van der Waals surface area contributed by atoms with Crippen molar-refractivity contribution in [2.24, 2.45) is 5.11 Å². The van der Waals surface area contributed by atoms with Gasteiger partial charge in [0.05, 0.1) is 10.9 Å². The van der Waals surface area contributed by atoms with Crippen LogP contribution in [0.1, 0.15) is 6.42 Å². The maximum absolute atomic E-state index is 8.70. The van der Waals surface area contributed by atoms with Gasteiger partial charge in [0, 0.05) is 5.22 Å². The van der Waals surface area contributed by atoms with Gasteiger partial charge in [-0.05, 0) is 6.07 Å². The zero-order valence-electron chi connectivity index (χ0n) is 6.86. The van der Waals surface area contributed by atoms with E-state index in [1.165, 1.54) is 0 Å². The molecule has 62 valence electrons. The van der Waals surface area contributed by atoms with Gasteiger partial charge in [-0.1, -0.05) is 18.2 Å². The average Bonchev–Trinajstić information content (AvgIpc) is 2.56. The second-order valence-electron chi connectivity index (χ2n) is 2.83. The van der Waals surface area contributed by atoms with Crippen LogP contribution in [-0.2, 0) is 0 Å². The zero-order valence-corrected chi connectivity index (χ0v) is 6.86. The highest BCUT2D eigenvalue weighted by Crippen LogP contribution is 2.15. The number of nitrogens with zero attached hydrogens (tertiary/aromatic N) is 3. The van der Waals surface area contributed by atoms with Crippen molar-refractivity contribution in [3.8, 4) is 0 Å². The highest BCUT2D eigenvalue weighted by atomic mass is 15.0. The molecular weight excluding hydrogens is 164 g/mol. The molecule has 0 saturated heterocycles. The predicted molar refractivity (Wildman–Crippen MR) is 47.4 cm³/mol. The SMILES string of the molecule is N#[N+]C1=c2ccccc2=C(N=N)C1. The van der Waals surface area contributed by atoms with Crippen LogP contribution in [0.5, 0.6) is 0 Å². The van der Waals surface area contributed by atoms with E-state index in [1.807, 2.05) is 24.3 Å². The summed E-state index contributed by atoms with van der Waals surface area (Å²) in [6.07, 6.45) is 0.444. The number of nitrogens with one attached hydrogen (secondary N) is 1. The third kappa shape index (κ3) is 1.02. The molecule has 1 aliphatic carbocycles. The van der Waals surface area contributed by atoms with Gasteiger partial charge in [0.15, 0.2) is 4.98 Å². The van der Waals surface area contributed by atoms with Gasteiger partial charge in [0.1, 0.15) is 6.42 Å². The molecule has 2 rings (SSSR count). The lowest BCUT2D eigenvalue weighted by Gasteiger charge is -1.84. The molecule has 0 aromatic heterocycles. The summed E-state index contributed by atoms with van der Waals surface area (Å²) in [6, 6.07) is 7.49. The van der Waals surface area contributed by atoms with Crippen LogP contribution in [0, 0.1) is 10.9 Å². The van der Waals surface area contributed by atoms with Gasteiger partial charge in [-0.15, -0.1) is 0 Å². The predicted octanol–water partition coefficient (Wildman–Crippen LogP) is 1.19. The molecule has 0 unspecified atom stereocenters. The summed E-state index contributed by atoms with van der Waals surface area (Å²) in [6.45, 7) is 0. The van der Waals surface area contributed by atoms with E-state index >= 15 is 0 Å². The minimum absolute atomic E-state index is 0.444. The first kappa shape index (κ1) is 7.62. The van der Waals surface area contributed by atoms with Crippen LogP contribution in [0.15, 0.2) is 29.4 Å². The summed E-state index contributed by atoms with van der Waals surface area (Å²) in [4.78, 5) is 3.18. The minimum Gasteiger partial charge on any atom is -0.205 e. The Balaban J connectivity index is 2.93. The number of diazo groups is 1. The normalized spacial score (nSPS) is 13.8. The van der Waals surface area contributed by atoms with Crippen molar-refractivity contribution in [3.05, 3.63) is 39.7 Å². The van der Waals surface area contributed by atoms with E-state index in [2.05, 4.69) is 10.1 Å². The van der Waals surface area contributed by atoms with Gasteiger partial charge in [0.25, 0.3) is 0 Å². The van der Waals surface area contributed by atoms with Crippen molar-refractivity contribution in [1.82, 2.24) is 0 Å². The first-order chi connectivity index (χ1) is 6.36. The van der Waals surface area contributed by atoms with Gasteiger partial charge >= 0.3 is 5.70 Å². The maximum atomic E-state index is 8.70. The number of fused-ring (bicyclic) bond motifs is 1. The molecule has 0 heterocycles. The molecule has 0 radical (unpaired) electrons. The monoisotopic (exact) mass is 171 g/mol. The van der Waals surface area contributed by atoms with E-state index in [-0.39, 0.29) is 0 Å². The summed E-state index contributed by atoms with van der Waals surface area (Å²) in [5.74, 6) is 0. The highest BCUT2D eigenvalue weighted by molar-refractivity contribution is 5.69. The fourth-order valence-electron chi connectivity index (χ4n) is 1.52. The molecule has 0 amide bonds. The van der Waals surface area contributed by atoms with Crippen molar-refractivity contribution in [2.45, 2.75) is 6.42 Å². The van der Waals surface area contributed by atoms with E-state index in [0.717, 1.165) is 10.4 Å². The molecule has 0 saturated carbocycles. The largest absolute Gasteiger partial charge is 0.375 e. The van der Waals surface area contributed by atoms with Crippen LogP contribution in [0.3, 0.4) is 0 Å².